The minimum absolute atomic E-state index is 0.167. The summed E-state index contributed by atoms with van der Waals surface area (Å²) in [5.74, 6) is 0.959. The van der Waals surface area contributed by atoms with Crippen LogP contribution in [-0.2, 0) is 16.4 Å². The second kappa shape index (κ2) is 7.63. The molecule has 1 amide bonds. The smallest absolute Gasteiger partial charge is 0.264 e. The summed E-state index contributed by atoms with van der Waals surface area (Å²) < 4.78 is 38.3. The lowest BCUT2D eigenvalue weighted by Gasteiger charge is -2.30. The van der Waals surface area contributed by atoms with Crippen molar-refractivity contribution in [3.8, 4) is 11.5 Å². The molecular weight excluding hydrogens is 416 g/mol. The fraction of sp³-hybridized carbons (Fsp3) is 0.174. The molecule has 1 N–H and O–H groups in total. The molecule has 3 aromatic carbocycles. The molecule has 0 aliphatic carbocycles. The molecule has 158 valence electrons. The van der Waals surface area contributed by atoms with Gasteiger partial charge in [0, 0.05) is 23.9 Å². The van der Waals surface area contributed by atoms with Gasteiger partial charge in [-0.15, -0.1) is 0 Å². The van der Waals surface area contributed by atoms with Crippen LogP contribution in [0.5, 0.6) is 11.5 Å². The molecule has 0 saturated carbocycles. The maximum absolute atomic E-state index is 13.1. The molecule has 8 heteroatoms. The van der Waals surface area contributed by atoms with Crippen LogP contribution in [0.25, 0.3) is 0 Å². The average Bonchev–Trinajstić information content (AvgIpc) is 3.26. The quantitative estimate of drug-likeness (QED) is 0.672. The van der Waals surface area contributed by atoms with Crippen molar-refractivity contribution in [2.75, 3.05) is 23.0 Å². The number of hydrogen-bond donors (Lipinski definition) is 1. The Balaban J connectivity index is 1.41. The lowest BCUT2D eigenvalue weighted by atomic mass is 10.0. The van der Waals surface area contributed by atoms with Crippen molar-refractivity contribution in [3.63, 3.8) is 0 Å². The van der Waals surface area contributed by atoms with Gasteiger partial charge in [0.2, 0.25) is 6.79 Å². The Morgan fingerprint density at radius 2 is 1.74 bits per heavy atom. The van der Waals surface area contributed by atoms with Gasteiger partial charge in [-0.25, -0.2) is 8.42 Å². The van der Waals surface area contributed by atoms with Crippen molar-refractivity contribution < 1.29 is 22.7 Å². The van der Waals surface area contributed by atoms with Gasteiger partial charge in [0.1, 0.15) is 0 Å². The first-order valence-corrected chi connectivity index (χ1v) is 11.4. The van der Waals surface area contributed by atoms with E-state index in [2.05, 4.69) is 5.32 Å². The number of amides is 1. The molecule has 0 saturated heterocycles. The minimum Gasteiger partial charge on any atom is -0.454 e. The zero-order valence-electron chi connectivity index (χ0n) is 16.6. The van der Waals surface area contributed by atoms with Gasteiger partial charge in [0.05, 0.1) is 10.6 Å². The highest BCUT2D eigenvalue weighted by atomic mass is 32.2. The summed E-state index contributed by atoms with van der Waals surface area (Å²) in [7, 11) is -3.66. The number of nitrogens with one attached hydrogen (secondary N) is 1. The van der Waals surface area contributed by atoms with E-state index >= 15 is 0 Å². The number of fused-ring (bicyclic) bond motifs is 2. The number of sulfonamides is 1. The minimum atomic E-state index is -3.66. The number of rotatable bonds is 4. The number of anilines is 2. The van der Waals surface area contributed by atoms with E-state index in [1.807, 2.05) is 0 Å². The summed E-state index contributed by atoms with van der Waals surface area (Å²) >= 11 is 0. The van der Waals surface area contributed by atoms with Crippen molar-refractivity contribution in [2.45, 2.75) is 17.7 Å². The summed E-state index contributed by atoms with van der Waals surface area (Å²) in [6.07, 6.45) is 1.40. The summed E-state index contributed by atoms with van der Waals surface area (Å²) in [4.78, 5) is 13.0. The first-order chi connectivity index (χ1) is 15.0. The molecule has 2 aliphatic heterocycles. The van der Waals surface area contributed by atoms with Crippen molar-refractivity contribution >= 4 is 27.3 Å². The molecule has 0 spiro atoms. The maximum Gasteiger partial charge on any atom is 0.264 e. The zero-order chi connectivity index (χ0) is 21.4. The molecular formula is C23H20N2O5S. The molecule has 0 fully saturated rings. The van der Waals surface area contributed by atoms with E-state index in [1.54, 1.807) is 66.7 Å². The number of hydrogen-bond acceptors (Lipinski definition) is 5. The van der Waals surface area contributed by atoms with E-state index in [0.29, 0.717) is 47.8 Å². The van der Waals surface area contributed by atoms with Crippen LogP contribution in [0.3, 0.4) is 0 Å². The van der Waals surface area contributed by atoms with Crippen LogP contribution in [-0.4, -0.2) is 27.7 Å². The van der Waals surface area contributed by atoms with Gasteiger partial charge in [-0.3, -0.25) is 9.10 Å². The van der Waals surface area contributed by atoms with Crippen molar-refractivity contribution in [2.24, 2.45) is 0 Å². The lowest BCUT2D eigenvalue weighted by Crippen LogP contribution is -2.35. The molecule has 0 aromatic heterocycles. The van der Waals surface area contributed by atoms with E-state index in [-0.39, 0.29) is 17.6 Å². The Kier molecular flexibility index (Phi) is 4.78. The van der Waals surface area contributed by atoms with E-state index < -0.39 is 10.0 Å². The lowest BCUT2D eigenvalue weighted by molar-refractivity contribution is 0.102. The van der Waals surface area contributed by atoms with Gasteiger partial charge in [0.15, 0.2) is 11.5 Å². The predicted molar refractivity (Wildman–Crippen MR) is 116 cm³/mol. The number of ether oxygens (including phenoxy) is 2. The van der Waals surface area contributed by atoms with Crippen molar-refractivity contribution in [1.82, 2.24) is 0 Å². The number of carbonyl (C=O) groups is 1. The third-order valence-electron chi connectivity index (χ3n) is 5.38. The molecule has 2 heterocycles. The topological polar surface area (TPSA) is 84.9 Å². The molecule has 0 bridgehead atoms. The number of carbonyl (C=O) groups excluding carboxylic acids is 1. The predicted octanol–water partition coefficient (Wildman–Crippen LogP) is 3.81. The summed E-state index contributed by atoms with van der Waals surface area (Å²) in [5.41, 5.74) is 2.52. The third kappa shape index (κ3) is 3.59. The summed E-state index contributed by atoms with van der Waals surface area (Å²) in [5, 5.41) is 2.86. The van der Waals surface area contributed by atoms with Crippen LogP contribution in [0.15, 0.2) is 71.6 Å². The zero-order valence-corrected chi connectivity index (χ0v) is 17.4. The van der Waals surface area contributed by atoms with Gasteiger partial charge in [-0.1, -0.05) is 18.2 Å². The molecule has 0 unspecified atom stereocenters. The average molecular weight is 436 g/mol. The SMILES string of the molecule is O=C(Nc1ccc2c(c1)OCO2)c1ccc2c(c1)CCCN2S(=O)(=O)c1ccccc1. The van der Waals surface area contributed by atoms with Gasteiger partial charge in [-0.2, -0.15) is 0 Å². The number of benzene rings is 3. The Morgan fingerprint density at radius 3 is 2.58 bits per heavy atom. The van der Waals surface area contributed by atoms with Crippen molar-refractivity contribution in [3.05, 3.63) is 77.9 Å². The Morgan fingerprint density at radius 1 is 0.935 bits per heavy atom. The number of aryl methyl sites for hydroxylation is 1. The second-order valence-corrected chi connectivity index (χ2v) is 9.22. The fourth-order valence-electron chi connectivity index (χ4n) is 3.85. The third-order valence-corrected chi connectivity index (χ3v) is 7.21. The van der Waals surface area contributed by atoms with Gasteiger partial charge in [-0.05, 0) is 60.9 Å². The Hall–Kier alpha value is -3.52. The van der Waals surface area contributed by atoms with E-state index in [0.717, 1.165) is 5.56 Å². The molecule has 7 nitrogen and oxygen atoms in total. The summed E-state index contributed by atoms with van der Waals surface area (Å²) in [6, 6.07) is 18.7. The van der Waals surface area contributed by atoms with Crippen LogP contribution >= 0.6 is 0 Å². The van der Waals surface area contributed by atoms with Crippen molar-refractivity contribution in [1.29, 1.82) is 0 Å². The largest absolute Gasteiger partial charge is 0.454 e. The van der Waals surface area contributed by atoms with Crippen LogP contribution in [0, 0.1) is 0 Å². The van der Waals surface area contributed by atoms with Crippen LogP contribution in [0.1, 0.15) is 22.3 Å². The fourth-order valence-corrected chi connectivity index (χ4v) is 5.41. The molecule has 31 heavy (non-hydrogen) atoms. The van der Waals surface area contributed by atoms with Crippen LogP contribution < -0.4 is 19.1 Å². The standard InChI is InChI=1S/C23H20N2O5S/c26-23(24-18-9-11-21-22(14-18)30-15-29-21)17-8-10-20-16(13-17)5-4-12-25(20)31(27,28)19-6-2-1-3-7-19/h1-3,6-11,13-14H,4-5,12,15H2,(H,24,26). The Bertz CT molecular complexity index is 1260. The van der Waals surface area contributed by atoms with Gasteiger partial charge in [0.25, 0.3) is 15.9 Å². The van der Waals surface area contributed by atoms with Gasteiger partial charge < -0.3 is 14.8 Å². The van der Waals surface area contributed by atoms with E-state index in [9.17, 15) is 13.2 Å². The molecule has 0 atom stereocenters. The molecule has 3 aromatic rings. The van der Waals surface area contributed by atoms with Crippen LogP contribution in [0.4, 0.5) is 11.4 Å². The van der Waals surface area contributed by atoms with E-state index in [1.165, 1.54) is 4.31 Å². The normalized spacial score (nSPS) is 14.8. The highest BCUT2D eigenvalue weighted by Crippen LogP contribution is 2.35. The molecule has 0 radical (unpaired) electrons. The number of nitrogens with zero attached hydrogens (tertiary/aromatic N) is 1. The first-order valence-electron chi connectivity index (χ1n) is 9.94. The monoisotopic (exact) mass is 436 g/mol. The maximum atomic E-state index is 13.1. The highest BCUT2D eigenvalue weighted by Gasteiger charge is 2.29. The second-order valence-electron chi connectivity index (χ2n) is 7.36. The molecule has 5 rings (SSSR count). The summed E-state index contributed by atoms with van der Waals surface area (Å²) in [6.45, 7) is 0.576. The van der Waals surface area contributed by atoms with Crippen LogP contribution in [0.2, 0.25) is 0 Å². The highest BCUT2D eigenvalue weighted by molar-refractivity contribution is 7.92. The van der Waals surface area contributed by atoms with Gasteiger partial charge >= 0.3 is 0 Å². The Labute approximate surface area is 180 Å². The first kappa shape index (κ1) is 19.4. The molecule has 2 aliphatic rings. The van der Waals surface area contributed by atoms with E-state index in [4.69, 9.17) is 9.47 Å².